The van der Waals surface area contributed by atoms with E-state index in [1.165, 1.54) is 11.2 Å². The predicted molar refractivity (Wildman–Crippen MR) is 121 cm³/mol. The van der Waals surface area contributed by atoms with Gasteiger partial charge in [-0.15, -0.1) is 0 Å². The van der Waals surface area contributed by atoms with Gasteiger partial charge in [-0.1, -0.05) is 42.5 Å². The molecule has 30 heavy (non-hydrogen) atoms. The average Bonchev–Trinajstić information content (AvgIpc) is 2.71. The van der Waals surface area contributed by atoms with Crippen molar-refractivity contribution in [3.05, 3.63) is 65.7 Å². The number of nitrogens with zero attached hydrogens (tertiary/aromatic N) is 2. The fourth-order valence-electron chi connectivity index (χ4n) is 3.93. The lowest BCUT2D eigenvalue weighted by Gasteiger charge is -2.36. The van der Waals surface area contributed by atoms with E-state index >= 15 is 0 Å². The summed E-state index contributed by atoms with van der Waals surface area (Å²) in [5.41, 5.74) is 2.11. The van der Waals surface area contributed by atoms with Gasteiger partial charge in [0.2, 0.25) is 10.0 Å². The van der Waals surface area contributed by atoms with E-state index in [0.29, 0.717) is 29.9 Å². The summed E-state index contributed by atoms with van der Waals surface area (Å²) in [6, 6.07) is 17.0. The number of nitrogens with one attached hydrogen (secondary N) is 1. The summed E-state index contributed by atoms with van der Waals surface area (Å²) in [4.78, 5) is 13.7. The molecule has 1 fully saturated rings. The van der Waals surface area contributed by atoms with E-state index in [0.717, 1.165) is 18.7 Å². The third-order valence-electron chi connectivity index (χ3n) is 5.37. The molecule has 1 heterocycles. The Labute approximate surface area is 179 Å². The molecule has 0 saturated carbocycles. The standard InChI is InChI=1S/C23H31N3O3S/c1-18-15-25(16-19(2)24-18)13-14-30(28,29)26(23-7-5-4-6-8-23)17-21-9-11-22(12-10-21)20(3)27/h4-12,18-19,24H,13-17H2,1-3H3/t18-,19+. The van der Waals surface area contributed by atoms with E-state index in [9.17, 15) is 13.2 Å². The lowest BCUT2D eigenvalue weighted by atomic mass is 10.1. The molecule has 0 spiro atoms. The van der Waals surface area contributed by atoms with E-state index in [-0.39, 0.29) is 18.1 Å². The van der Waals surface area contributed by atoms with Crippen molar-refractivity contribution in [3.63, 3.8) is 0 Å². The summed E-state index contributed by atoms with van der Waals surface area (Å²) in [6.07, 6.45) is 0. The highest BCUT2D eigenvalue weighted by Crippen LogP contribution is 2.22. The van der Waals surface area contributed by atoms with Crippen molar-refractivity contribution in [3.8, 4) is 0 Å². The van der Waals surface area contributed by atoms with E-state index in [4.69, 9.17) is 0 Å². The zero-order valence-electron chi connectivity index (χ0n) is 17.9. The van der Waals surface area contributed by atoms with Crippen LogP contribution < -0.4 is 9.62 Å². The zero-order chi connectivity index (χ0) is 21.7. The molecule has 6 nitrogen and oxygen atoms in total. The second-order valence-corrected chi connectivity index (χ2v) is 10.2. The van der Waals surface area contributed by atoms with Gasteiger partial charge < -0.3 is 5.32 Å². The van der Waals surface area contributed by atoms with Crippen molar-refractivity contribution >= 4 is 21.5 Å². The average molecular weight is 430 g/mol. The van der Waals surface area contributed by atoms with Gasteiger partial charge in [0.25, 0.3) is 0 Å². The van der Waals surface area contributed by atoms with Crippen molar-refractivity contribution in [1.82, 2.24) is 10.2 Å². The number of ketones is 1. The van der Waals surface area contributed by atoms with Crippen molar-refractivity contribution in [2.24, 2.45) is 0 Å². The van der Waals surface area contributed by atoms with Gasteiger partial charge in [-0.2, -0.15) is 0 Å². The van der Waals surface area contributed by atoms with Crippen LogP contribution in [0.1, 0.15) is 36.7 Å². The second kappa shape index (κ2) is 9.73. The van der Waals surface area contributed by atoms with Gasteiger partial charge in [0.1, 0.15) is 0 Å². The number of Topliss-reactive ketones (excluding diaryl/α,β-unsaturated/α-hetero) is 1. The van der Waals surface area contributed by atoms with Gasteiger partial charge in [-0.3, -0.25) is 14.0 Å². The molecule has 1 N–H and O–H groups in total. The highest BCUT2D eigenvalue weighted by Gasteiger charge is 2.26. The number of rotatable bonds is 8. The molecular weight excluding hydrogens is 398 g/mol. The summed E-state index contributed by atoms with van der Waals surface area (Å²) in [5, 5.41) is 3.47. The first-order chi connectivity index (χ1) is 14.2. The molecule has 1 aliphatic rings. The number of anilines is 1. The number of carbonyl (C=O) groups is 1. The van der Waals surface area contributed by atoms with E-state index in [1.807, 2.05) is 42.5 Å². The van der Waals surface area contributed by atoms with Gasteiger partial charge in [0, 0.05) is 37.3 Å². The number of benzene rings is 2. The van der Waals surface area contributed by atoms with E-state index < -0.39 is 10.0 Å². The van der Waals surface area contributed by atoms with Crippen LogP contribution in [0.4, 0.5) is 5.69 Å². The number of sulfonamides is 1. The van der Waals surface area contributed by atoms with Crippen LogP contribution in [0.2, 0.25) is 0 Å². The second-order valence-electron chi connectivity index (χ2n) is 8.14. The minimum Gasteiger partial charge on any atom is -0.309 e. The number of para-hydroxylation sites is 1. The summed E-state index contributed by atoms with van der Waals surface area (Å²) in [5.74, 6) is 0.0564. The Morgan fingerprint density at radius 1 is 1.03 bits per heavy atom. The molecule has 7 heteroatoms. The largest absolute Gasteiger partial charge is 0.309 e. The summed E-state index contributed by atoms with van der Waals surface area (Å²) in [7, 11) is -3.53. The zero-order valence-corrected chi connectivity index (χ0v) is 18.7. The Hall–Kier alpha value is -2.22. The fraction of sp³-hybridized carbons (Fsp3) is 0.435. The van der Waals surface area contributed by atoms with E-state index in [1.54, 1.807) is 12.1 Å². The lowest BCUT2D eigenvalue weighted by Crippen LogP contribution is -2.55. The summed E-state index contributed by atoms with van der Waals surface area (Å²) in [6.45, 7) is 8.20. The normalized spacial score (nSPS) is 20.1. The Kier molecular flexibility index (Phi) is 7.28. The Bertz CT molecular complexity index is 935. The van der Waals surface area contributed by atoms with Crippen molar-refractivity contribution in [2.75, 3.05) is 29.7 Å². The first-order valence-electron chi connectivity index (χ1n) is 10.4. The molecule has 0 unspecified atom stereocenters. The lowest BCUT2D eigenvalue weighted by molar-refractivity contribution is 0.101. The molecule has 162 valence electrons. The third kappa shape index (κ3) is 5.90. The van der Waals surface area contributed by atoms with Crippen LogP contribution in [0, 0.1) is 0 Å². The van der Waals surface area contributed by atoms with Crippen molar-refractivity contribution in [1.29, 1.82) is 0 Å². The Morgan fingerprint density at radius 3 is 2.20 bits per heavy atom. The molecule has 1 saturated heterocycles. The van der Waals surface area contributed by atoms with Crippen molar-refractivity contribution in [2.45, 2.75) is 39.4 Å². The number of hydrogen-bond donors (Lipinski definition) is 1. The number of hydrogen-bond acceptors (Lipinski definition) is 5. The highest BCUT2D eigenvalue weighted by molar-refractivity contribution is 7.92. The molecule has 0 amide bonds. The molecular formula is C23H31N3O3S. The maximum Gasteiger partial charge on any atom is 0.236 e. The van der Waals surface area contributed by atoms with Gasteiger partial charge in [-0.05, 0) is 38.5 Å². The van der Waals surface area contributed by atoms with Crippen LogP contribution in [0.15, 0.2) is 54.6 Å². The Morgan fingerprint density at radius 2 is 1.63 bits per heavy atom. The minimum atomic E-state index is -3.53. The third-order valence-corrected chi connectivity index (χ3v) is 7.08. The molecule has 3 rings (SSSR count). The quantitative estimate of drug-likeness (QED) is 0.654. The van der Waals surface area contributed by atoms with Crippen molar-refractivity contribution < 1.29 is 13.2 Å². The van der Waals surface area contributed by atoms with Gasteiger partial charge in [-0.25, -0.2) is 8.42 Å². The van der Waals surface area contributed by atoms with Crippen LogP contribution in [0.25, 0.3) is 0 Å². The smallest absolute Gasteiger partial charge is 0.236 e. The monoisotopic (exact) mass is 429 g/mol. The van der Waals surface area contributed by atoms with Gasteiger partial charge >= 0.3 is 0 Å². The maximum absolute atomic E-state index is 13.3. The first-order valence-corrected chi connectivity index (χ1v) is 12.0. The highest BCUT2D eigenvalue weighted by atomic mass is 32.2. The molecule has 1 aliphatic heterocycles. The van der Waals surface area contributed by atoms with Gasteiger partial charge in [0.15, 0.2) is 5.78 Å². The maximum atomic E-state index is 13.3. The van der Waals surface area contributed by atoms with E-state index in [2.05, 4.69) is 24.1 Å². The first kappa shape index (κ1) is 22.5. The number of piperazine rings is 1. The van der Waals surface area contributed by atoms with Crippen LogP contribution in [-0.2, 0) is 16.6 Å². The number of carbonyl (C=O) groups excluding carboxylic acids is 1. The van der Waals surface area contributed by atoms with Crippen LogP contribution >= 0.6 is 0 Å². The molecule has 0 aromatic heterocycles. The molecule has 2 atom stereocenters. The molecule has 2 aromatic rings. The molecule has 2 aromatic carbocycles. The Balaban J connectivity index is 1.78. The molecule has 0 radical (unpaired) electrons. The topological polar surface area (TPSA) is 69.7 Å². The van der Waals surface area contributed by atoms with Crippen LogP contribution in [0.5, 0.6) is 0 Å². The molecule has 0 bridgehead atoms. The fourth-order valence-corrected chi connectivity index (χ4v) is 5.43. The summed E-state index contributed by atoms with van der Waals surface area (Å²) >= 11 is 0. The predicted octanol–water partition coefficient (Wildman–Crippen LogP) is 2.91. The summed E-state index contributed by atoms with van der Waals surface area (Å²) < 4.78 is 28.2. The van der Waals surface area contributed by atoms with Crippen LogP contribution in [0.3, 0.4) is 0 Å². The SMILES string of the molecule is CC(=O)c1ccc(CN(c2ccccc2)S(=O)(=O)CCN2C[C@@H](C)N[C@@H](C)C2)cc1. The van der Waals surface area contributed by atoms with Gasteiger partial charge in [0.05, 0.1) is 18.0 Å². The molecule has 0 aliphatic carbocycles. The minimum absolute atomic E-state index is 0.00596. The van der Waals surface area contributed by atoms with Crippen LogP contribution in [-0.4, -0.2) is 56.6 Å².